The van der Waals surface area contributed by atoms with Crippen LogP contribution in [0, 0.1) is 0 Å². The summed E-state index contributed by atoms with van der Waals surface area (Å²) in [6, 6.07) is 24.2. The third-order valence-electron chi connectivity index (χ3n) is 5.31. The highest BCUT2D eigenvalue weighted by Gasteiger charge is 2.28. The topological polar surface area (TPSA) is 67.8 Å². The van der Waals surface area contributed by atoms with E-state index in [1.165, 1.54) is 22.3 Å². The molecule has 154 valence electrons. The normalized spacial score (nSPS) is 12.2. The number of hydrogen-bond donors (Lipinski definition) is 2. The zero-order valence-electron chi connectivity index (χ0n) is 16.7. The highest BCUT2D eigenvalue weighted by molar-refractivity contribution is 5.79. The standard InChI is InChI=1S/C25H25NO4/c27-15-16-29-19-11-9-18(10-12-19)13-14-26-25(28)30-17-24-22-7-3-1-5-20(22)21-6-2-4-8-23(21)24/h1-12,24,27H,13-17H2,(H,26,28). The third kappa shape index (κ3) is 4.47. The highest BCUT2D eigenvalue weighted by atomic mass is 16.5. The molecule has 3 aromatic rings. The molecule has 0 atom stereocenters. The van der Waals surface area contributed by atoms with Crippen molar-refractivity contribution in [1.82, 2.24) is 5.32 Å². The molecule has 0 aromatic heterocycles. The maximum Gasteiger partial charge on any atom is 0.407 e. The van der Waals surface area contributed by atoms with Gasteiger partial charge in [-0.25, -0.2) is 4.79 Å². The van der Waals surface area contributed by atoms with Gasteiger partial charge in [-0.15, -0.1) is 0 Å². The average molecular weight is 403 g/mol. The summed E-state index contributed by atoms with van der Waals surface area (Å²) in [6.07, 6.45) is 0.296. The van der Waals surface area contributed by atoms with Gasteiger partial charge in [-0.3, -0.25) is 0 Å². The molecule has 3 aromatic carbocycles. The summed E-state index contributed by atoms with van der Waals surface area (Å²) in [5, 5.41) is 11.6. The smallest absolute Gasteiger partial charge is 0.407 e. The molecule has 1 aliphatic carbocycles. The number of rotatable bonds is 8. The molecule has 4 rings (SSSR count). The van der Waals surface area contributed by atoms with Crippen LogP contribution in [-0.4, -0.2) is 37.6 Å². The Bertz CT molecular complexity index is 955. The molecule has 0 unspecified atom stereocenters. The monoisotopic (exact) mass is 403 g/mol. The lowest BCUT2D eigenvalue weighted by Gasteiger charge is -2.14. The fourth-order valence-electron chi connectivity index (χ4n) is 3.87. The van der Waals surface area contributed by atoms with Gasteiger partial charge >= 0.3 is 6.09 Å². The van der Waals surface area contributed by atoms with Crippen LogP contribution in [0.1, 0.15) is 22.6 Å². The van der Waals surface area contributed by atoms with Crippen molar-refractivity contribution in [2.75, 3.05) is 26.4 Å². The molecule has 0 saturated heterocycles. The Morgan fingerprint density at radius 2 is 1.53 bits per heavy atom. The fourth-order valence-corrected chi connectivity index (χ4v) is 3.87. The summed E-state index contributed by atoms with van der Waals surface area (Å²) in [4.78, 5) is 12.2. The van der Waals surface area contributed by atoms with Crippen molar-refractivity contribution >= 4 is 6.09 Å². The predicted molar refractivity (Wildman–Crippen MR) is 116 cm³/mol. The van der Waals surface area contributed by atoms with E-state index in [2.05, 4.69) is 29.6 Å². The molecule has 2 N–H and O–H groups in total. The van der Waals surface area contributed by atoms with Crippen LogP contribution in [0.2, 0.25) is 0 Å². The molecule has 0 aliphatic heterocycles. The van der Waals surface area contributed by atoms with Gasteiger partial charge in [0.05, 0.1) is 6.61 Å². The van der Waals surface area contributed by atoms with Crippen LogP contribution in [0.15, 0.2) is 72.8 Å². The second-order valence-corrected chi connectivity index (χ2v) is 7.22. The lowest BCUT2D eigenvalue weighted by atomic mass is 9.98. The molecule has 0 spiro atoms. The van der Waals surface area contributed by atoms with Gasteiger partial charge in [0, 0.05) is 12.5 Å². The predicted octanol–water partition coefficient (Wildman–Crippen LogP) is 4.14. The van der Waals surface area contributed by atoms with Crippen LogP contribution < -0.4 is 10.1 Å². The summed E-state index contributed by atoms with van der Waals surface area (Å²) >= 11 is 0. The Labute approximate surface area is 176 Å². The van der Waals surface area contributed by atoms with E-state index in [0.29, 0.717) is 19.6 Å². The number of ether oxygens (including phenoxy) is 2. The largest absolute Gasteiger partial charge is 0.491 e. The van der Waals surface area contributed by atoms with Crippen LogP contribution in [0.5, 0.6) is 5.75 Å². The Hall–Kier alpha value is -3.31. The molecule has 1 amide bonds. The third-order valence-corrected chi connectivity index (χ3v) is 5.31. The van der Waals surface area contributed by atoms with Crippen molar-refractivity contribution in [2.45, 2.75) is 12.3 Å². The first-order valence-electron chi connectivity index (χ1n) is 10.2. The number of nitrogens with one attached hydrogen (secondary N) is 1. The second kappa shape index (κ2) is 9.46. The maximum absolute atomic E-state index is 12.2. The number of aliphatic hydroxyl groups excluding tert-OH is 1. The molecule has 1 aliphatic rings. The number of hydrogen-bond acceptors (Lipinski definition) is 4. The molecule has 5 nitrogen and oxygen atoms in total. The van der Waals surface area contributed by atoms with Crippen molar-refractivity contribution in [3.63, 3.8) is 0 Å². The molecule has 0 saturated carbocycles. The van der Waals surface area contributed by atoms with E-state index >= 15 is 0 Å². The minimum atomic E-state index is -0.403. The molecule has 0 radical (unpaired) electrons. The van der Waals surface area contributed by atoms with E-state index in [4.69, 9.17) is 14.6 Å². The Morgan fingerprint density at radius 1 is 0.900 bits per heavy atom. The van der Waals surface area contributed by atoms with Crippen LogP contribution in [-0.2, 0) is 11.2 Å². The Kier molecular flexibility index (Phi) is 6.30. The zero-order chi connectivity index (χ0) is 20.8. The number of carbonyl (C=O) groups is 1. The Balaban J connectivity index is 1.27. The van der Waals surface area contributed by atoms with Crippen molar-refractivity contribution in [1.29, 1.82) is 0 Å². The average Bonchev–Trinajstić information content (AvgIpc) is 3.11. The maximum atomic E-state index is 12.2. The number of benzene rings is 3. The minimum absolute atomic E-state index is 0.00813. The number of alkyl carbamates (subject to hydrolysis) is 1. The SMILES string of the molecule is O=C(NCCc1ccc(OCCO)cc1)OCC1c2ccccc2-c2ccccc21. The molecule has 0 bridgehead atoms. The lowest BCUT2D eigenvalue weighted by molar-refractivity contribution is 0.143. The van der Waals surface area contributed by atoms with Gasteiger partial charge in [0.15, 0.2) is 0 Å². The number of fused-ring (bicyclic) bond motifs is 3. The molecule has 0 heterocycles. The lowest BCUT2D eigenvalue weighted by Crippen LogP contribution is -2.28. The van der Waals surface area contributed by atoms with Crippen LogP contribution >= 0.6 is 0 Å². The molecular formula is C25H25NO4. The van der Waals surface area contributed by atoms with Crippen molar-refractivity contribution in [2.24, 2.45) is 0 Å². The number of amides is 1. The first-order chi connectivity index (χ1) is 14.8. The van der Waals surface area contributed by atoms with Gasteiger partial charge in [-0.05, 0) is 46.4 Å². The fraction of sp³-hybridized carbons (Fsp3) is 0.240. The van der Waals surface area contributed by atoms with Crippen molar-refractivity contribution in [3.8, 4) is 16.9 Å². The molecule has 30 heavy (non-hydrogen) atoms. The van der Waals surface area contributed by atoms with E-state index in [0.717, 1.165) is 11.3 Å². The summed E-state index contributed by atoms with van der Waals surface area (Å²) in [7, 11) is 0. The van der Waals surface area contributed by atoms with Crippen LogP contribution in [0.3, 0.4) is 0 Å². The second-order valence-electron chi connectivity index (χ2n) is 7.22. The quantitative estimate of drug-likeness (QED) is 0.593. The molecular weight excluding hydrogens is 378 g/mol. The Morgan fingerprint density at radius 3 is 2.17 bits per heavy atom. The molecule has 0 fully saturated rings. The van der Waals surface area contributed by atoms with E-state index < -0.39 is 6.09 Å². The van der Waals surface area contributed by atoms with Crippen LogP contribution in [0.25, 0.3) is 11.1 Å². The van der Waals surface area contributed by atoms with Gasteiger partial charge in [0.2, 0.25) is 0 Å². The number of carbonyl (C=O) groups excluding carboxylic acids is 1. The zero-order valence-corrected chi connectivity index (χ0v) is 16.7. The summed E-state index contributed by atoms with van der Waals surface area (Å²) in [5.41, 5.74) is 5.93. The van der Waals surface area contributed by atoms with Crippen LogP contribution in [0.4, 0.5) is 4.79 Å². The molecule has 5 heteroatoms. The van der Waals surface area contributed by atoms with E-state index in [1.54, 1.807) is 0 Å². The van der Waals surface area contributed by atoms with Gasteiger partial charge in [-0.2, -0.15) is 0 Å². The summed E-state index contributed by atoms with van der Waals surface area (Å²) in [6.45, 7) is 1.08. The number of aliphatic hydroxyl groups is 1. The first kappa shape index (κ1) is 20.0. The van der Waals surface area contributed by atoms with Gasteiger partial charge in [-0.1, -0.05) is 60.7 Å². The van der Waals surface area contributed by atoms with Gasteiger partial charge in [0.1, 0.15) is 19.0 Å². The minimum Gasteiger partial charge on any atom is -0.491 e. The van der Waals surface area contributed by atoms with E-state index in [1.807, 2.05) is 48.5 Å². The van der Waals surface area contributed by atoms with E-state index in [9.17, 15) is 4.79 Å². The van der Waals surface area contributed by atoms with Gasteiger partial charge in [0.25, 0.3) is 0 Å². The highest BCUT2D eigenvalue weighted by Crippen LogP contribution is 2.44. The van der Waals surface area contributed by atoms with Crippen molar-refractivity contribution < 1.29 is 19.4 Å². The first-order valence-corrected chi connectivity index (χ1v) is 10.2. The van der Waals surface area contributed by atoms with E-state index in [-0.39, 0.29) is 19.1 Å². The van der Waals surface area contributed by atoms with Gasteiger partial charge < -0.3 is 19.9 Å². The van der Waals surface area contributed by atoms with Crippen molar-refractivity contribution in [3.05, 3.63) is 89.5 Å². The summed E-state index contributed by atoms with van der Waals surface area (Å²) < 4.78 is 10.9. The summed E-state index contributed by atoms with van der Waals surface area (Å²) in [5.74, 6) is 0.784.